The van der Waals surface area contributed by atoms with E-state index in [-0.39, 0.29) is 24.8 Å². The molecule has 0 spiro atoms. The first kappa shape index (κ1) is 20.3. The Morgan fingerprint density at radius 1 is 1.04 bits per heavy atom. The van der Waals surface area contributed by atoms with Crippen LogP contribution in [-0.4, -0.2) is 44.5 Å². The van der Waals surface area contributed by atoms with Crippen LogP contribution >= 0.6 is 0 Å². The van der Waals surface area contributed by atoms with Crippen molar-refractivity contribution in [2.45, 2.75) is 20.3 Å². The van der Waals surface area contributed by atoms with Gasteiger partial charge in [-0.3, -0.25) is 9.59 Å². The van der Waals surface area contributed by atoms with Crippen LogP contribution in [-0.2, 0) is 16.0 Å². The largest absolute Gasteiger partial charge is 0.497 e. The van der Waals surface area contributed by atoms with Crippen molar-refractivity contribution in [1.29, 1.82) is 0 Å². The van der Waals surface area contributed by atoms with E-state index in [0.29, 0.717) is 17.1 Å². The average Bonchev–Trinajstić information content (AvgIpc) is 2.64. The number of benzene rings is 2. The Balaban J connectivity index is 2.02. The van der Waals surface area contributed by atoms with Crippen LogP contribution in [0.5, 0.6) is 11.5 Å². The Labute approximate surface area is 160 Å². The van der Waals surface area contributed by atoms with Crippen LogP contribution in [0.25, 0.3) is 0 Å². The van der Waals surface area contributed by atoms with Crippen molar-refractivity contribution in [2.24, 2.45) is 0 Å². The van der Waals surface area contributed by atoms with Crippen molar-refractivity contribution in [3.8, 4) is 11.5 Å². The number of rotatable bonds is 7. The quantitative estimate of drug-likeness (QED) is 0.814. The molecule has 0 radical (unpaired) electrons. The standard InChI is InChI=1S/C21H26N2O4/c1-14-7-6-8-15(2)21(14)22-19(24)13-23(3)20(25)12-16-11-17(26-4)9-10-18(16)27-5/h6-11H,12-13H2,1-5H3,(H,22,24). The smallest absolute Gasteiger partial charge is 0.243 e. The maximum Gasteiger partial charge on any atom is 0.243 e. The van der Waals surface area contributed by atoms with E-state index in [1.807, 2.05) is 32.0 Å². The fourth-order valence-corrected chi connectivity index (χ4v) is 2.81. The molecule has 0 saturated carbocycles. The normalized spacial score (nSPS) is 10.3. The number of carbonyl (C=O) groups is 2. The Hall–Kier alpha value is -3.02. The summed E-state index contributed by atoms with van der Waals surface area (Å²) in [7, 11) is 4.73. The zero-order valence-corrected chi connectivity index (χ0v) is 16.5. The zero-order chi connectivity index (χ0) is 20.0. The minimum absolute atomic E-state index is 0.0289. The molecule has 6 nitrogen and oxygen atoms in total. The second-order valence-electron chi connectivity index (χ2n) is 6.42. The van der Waals surface area contributed by atoms with Gasteiger partial charge >= 0.3 is 0 Å². The highest BCUT2D eigenvalue weighted by atomic mass is 16.5. The number of amides is 2. The van der Waals surface area contributed by atoms with Gasteiger partial charge in [0.05, 0.1) is 27.2 Å². The summed E-state index contributed by atoms with van der Waals surface area (Å²) in [5.41, 5.74) is 3.47. The highest BCUT2D eigenvalue weighted by molar-refractivity contribution is 5.96. The van der Waals surface area contributed by atoms with Crippen molar-refractivity contribution in [3.05, 3.63) is 53.1 Å². The van der Waals surface area contributed by atoms with Gasteiger partial charge in [0.25, 0.3) is 0 Å². The molecule has 0 heterocycles. The lowest BCUT2D eigenvalue weighted by Crippen LogP contribution is -2.36. The molecule has 0 unspecified atom stereocenters. The van der Waals surface area contributed by atoms with E-state index in [2.05, 4.69) is 5.32 Å². The summed E-state index contributed by atoms with van der Waals surface area (Å²) in [6, 6.07) is 11.1. The minimum Gasteiger partial charge on any atom is -0.497 e. The average molecular weight is 370 g/mol. The minimum atomic E-state index is -0.235. The lowest BCUT2D eigenvalue weighted by molar-refractivity contribution is -0.132. The van der Waals surface area contributed by atoms with Gasteiger partial charge in [-0.15, -0.1) is 0 Å². The molecule has 144 valence electrons. The fourth-order valence-electron chi connectivity index (χ4n) is 2.81. The topological polar surface area (TPSA) is 67.9 Å². The Morgan fingerprint density at radius 3 is 2.30 bits per heavy atom. The highest BCUT2D eigenvalue weighted by Crippen LogP contribution is 2.25. The molecule has 0 bridgehead atoms. The maximum absolute atomic E-state index is 12.6. The van der Waals surface area contributed by atoms with Gasteiger partial charge in [0.15, 0.2) is 0 Å². The van der Waals surface area contributed by atoms with Crippen molar-refractivity contribution >= 4 is 17.5 Å². The third-order valence-corrected chi connectivity index (χ3v) is 4.38. The van der Waals surface area contributed by atoms with Crippen molar-refractivity contribution < 1.29 is 19.1 Å². The summed E-state index contributed by atoms with van der Waals surface area (Å²) >= 11 is 0. The van der Waals surface area contributed by atoms with E-state index in [0.717, 1.165) is 16.8 Å². The monoisotopic (exact) mass is 370 g/mol. The van der Waals surface area contributed by atoms with E-state index in [1.165, 1.54) is 4.90 Å². The van der Waals surface area contributed by atoms with Gasteiger partial charge in [0.2, 0.25) is 11.8 Å². The number of methoxy groups -OCH3 is 2. The number of hydrogen-bond donors (Lipinski definition) is 1. The first-order valence-corrected chi connectivity index (χ1v) is 8.66. The van der Waals surface area contributed by atoms with Gasteiger partial charge in [-0.2, -0.15) is 0 Å². The third-order valence-electron chi connectivity index (χ3n) is 4.38. The molecule has 27 heavy (non-hydrogen) atoms. The van der Waals surface area contributed by atoms with Crippen LogP contribution in [0.3, 0.4) is 0 Å². The van der Waals surface area contributed by atoms with Crippen molar-refractivity contribution in [2.75, 3.05) is 33.1 Å². The molecule has 0 saturated heterocycles. The predicted octanol–water partition coefficient (Wildman–Crippen LogP) is 2.96. The fraction of sp³-hybridized carbons (Fsp3) is 0.333. The van der Waals surface area contributed by atoms with Gasteiger partial charge < -0.3 is 19.7 Å². The number of likely N-dealkylation sites (N-methyl/N-ethyl adjacent to an activating group) is 1. The molecule has 1 N–H and O–H groups in total. The second kappa shape index (κ2) is 9.07. The summed E-state index contributed by atoms with van der Waals surface area (Å²) < 4.78 is 10.5. The lowest BCUT2D eigenvalue weighted by atomic mass is 10.1. The van der Waals surface area contributed by atoms with Gasteiger partial charge in [-0.05, 0) is 43.2 Å². The number of nitrogens with one attached hydrogen (secondary N) is 1. The summed E-state index contributed by atoms with van der Waals surface area (Å²) in [5.74, 6) is 0.839. The van der Waals surface area contributed by atoms with E-state index in [1.54, 1.807) is 39.5 Å². The highest BCUT2D eigenvalue weighted by Gasteiger charge is 2.17. The van der Waals surface area contributed by atoms with Crippen LogP contribution in [0.4, 0.5) is 5.69 Å². The van der Waals surface area contributed by atoms with Crippen LogP contribution in [0.15, 0.2) is 36.4 Å². The molecule has 2 aromatic rings. The Bertz CT molecular complexity index is 813. The molecule has 0 aliphatic heterocycles. The number of anilines is 1. The molecule has 0 aromatic heterocycles. The van der Waals surface area contributed by atoms with E-state index < -0.39 is 0 Å². The molecular formula is C21H26N2O4. The van der Waals surface area contributed by atoms with Gasteiger partial charge in [0.1, 0.15) is 11.5 Å². The van der Waals surface area contributed by atoms with Gasteiger partial charge in [0, 0.05) is 18.3 Å². The van der Waals surface area contributed by atoms with Crippen LogP contribution in [0.2, 0.25) is 0 Å². The Kier molecular flexibility index (Phi) is 6.82. The molecule has 0 aliphatic rings. The number of ether oxygens (including phenoxy) is 2. The molecule has 2 amide bonds. The summed E-state index contributed by atoms with van der Waals surface area (Å²) in [6.45, 7) is 3.85. The van der Waals surface area contributed by atoms with Crippen molar-refractivity contribution in [1.82, 2.24) is 4.90 Å². The number of para-hydroxylation sites is 1. The van der Waals surface area contributed by atoms with Crippen LogP contribution in [0.1, 0.15) is 16.7 Å². The van der Waals surface area contributed by atoms with Crippen LogP contribution in [0, 0.1) is 13.8 Å². The molecule has 6 heteroatoms. The van der Waals surface area contributed by atoms with E-state index >= 15 is 0 Å². The van der Waals surface area contributed by atoms with E-state index in [4.69, 9.17) is 9.47 Å². The van der Waals surface area contributed by atoms with Gasteiger partial charge in [-0.1, -0.05) is 18.2 Å². The van der Waals surface area contributed by atoms with Gasteiger partial charge in [-0.25, -0.2) is 0 Å². The molecule has 0 aliphatic carbocycles. The molecule has 2 rings (SSSR count). The van der Waals surface area contributed by atoms with Crippen LogP contribution < -0.4 is 14.8 Å². The molecule has 2 aromatic carbocycles. The van der Waals surface area contributed by atoms with Crippen molar-refractivity contribution in [3.63, 3.8) is 0 Å². The first-order valence-electron chi connectivity index (χ1n) is 8.66. The SMILES string of the molecule is COc1ccc(OC)c(CC(=O)N(C)CC(=O)Nc2c(C)cccc2C)c1. The lowest BCUT2D eigenvalue weighted by Gasteiger charge is -2.19. The summed E-state index contributed by atoms with van der Waals surface area (Å²) in [4.78, 5) is 26.3. The second-order valence-corrected chi connectivity index (χ2v) is 6.42. The molecular weight excluding hydrogens is 344 g/mol. The zero-order valence-electron chi connectivity index (χ0n) is 16.5. The number of hydrogen-bond acceptors (Lipinski definition) is 4. The molecule has 0 atom stereocenters. The van der Waals surface area contributed by atoms with E-state index in [9.17, 15) is 9.59 Å². The molecule has 0 fully saturated rings. The summed E-state index contributed by atoms with van der Waals surface area (Å²) in [5, 5.41) is 2.89. The number of carbonyl (C=O) groups excluding carboxylic acids is 2. The Morgan fingerprint density at radius 2 is 1.70 bits per heavy atom. The maximum atomic E-state index is 12.6. The summed E-state index contributed by atoms with van der Waals surface area (Å²) in [6.07, 6.45) is 0.119. The number of aryl methyl sites for hydroxylation is 2. The predicted molar refractivity (Wildman–Crippen MR) is 105 cm³/mol. The third kappa shape index (κ3) is 5.23. The first-order chi connectivity index (χ1) is 12.8. The number of nitrogens with zero attached hydrogens (tertiary/aromatic N) is 1.